The van der Waals surface area contributed by atoms with Crippen LogP contribution in [0.5, 0.6) is 0 Å². The third kappa shape index (κ3) is 9.70. The van der Waals surface area contributed by atoms with Crippen molar-refractivity contribution in [1.82, 2.24) is 20.0 Å². The maximum absolute atomic E-state index is 12.4. The summed E-state index contributed by atoms with van der Waals surface area (Å²) in [6, 6.07) is 0. The zero-order valence-corrected chi connectivity index (χ0v) is 20.3. The largest absolute Gasteiger partial charge is 0.444 e. The van der Waals surface area contributed by atoms with Gasteiger partial charge in [0, 0.05) is 46.3 Å². The van der Waals surface area contributed by atoms with Gasteiger partial charge in [0.2, 0.25) is 0 Å². The number of guanidine groups is 1. The second kappa shape index (κ2) is 11.0. The van der Waals surface area contributed by atoms with Crippen molar-refractivity contribution in [3.05, 3.63) is 0 Å². The fourth-order valence-corrected chi connectivity index (χ4v) is 3.86. The van der Waals surface area contributed by atoms with E-state index in [4.69, 9.17) is 4.74 Å². The van der Waals surface area contributed by atoms with Crippen LogP contribution in [0.4, 0.5) is 4.79 Å². The van der Waals surface area contributed by atoms with Crippen LogP contribution in [0.2, 0.25) is 0 Å². The first kappa shape index (κ1) is 25.5. The highest BCUT2D eigenvalue weighted by molar-refractivity contribution is 5.80. The van der Waals surface area contributed by atoms with Crippen LogP contribution in [-0.4, -0.2) is 92.8 Å². The van der Waals surface area contributed by atoms with Gasteiger partial charge in [0.25, 0.3) is 0 Å². The Bertz CT molecular complexity index is 532. The molecule has 170 valence electrons. The normalized spacial score (nSPS) is 16.9. The smallest absolute Gasteiger partial charge is 0.410 e. The molecule has 0 atom stereocenters. The lowest BCUT2D eigenvalue weighted by Gasteiger charge is -2.37. The van der Waals surface area contributed by atoms with E-state index in [1.54, 1.807) is 0 Å². The molecule has 1 aliphatic rings. The van der Waals surface area contributed by atoms with Crippen LogP contribution < -0.4 is 5.32 Å². The summed E-state index contributed by atoms with van der Waals surface area (Å²) in [4.78, 5) is 23.3. The molecule has 0 bridgehead atoms. The molecule has 0 saturated carbocycles. The van der Waals surface area contributed by atoms with Crippen molar-refractivity contribution in [1.29, 1.82) is 0 Å². The van der Waals surface area contributed by atoms with Gasteiger partial charge >= 0.3 is 6.09 Å². The Balaban J connectivity index is 2.52. The highest BCUT2D eigenvalue weighted by Crippen LogP contribution is 2.21. The van der Waals surface area contributed by atoms with Crippen LogP contribution in [0.15, 0.2) is 4.99 Å². The third-order valence-electron chi connectivity index (χ3n) is 5.11. The van der Waals surface area contributed by atoms with Crippen LogP contribution in [-0.2, 0) is 4.74 Å². The van der Waals surface area contributed by atoms with Gasteiger partial charge in [-0.05, 0) is 66.0 Å². The first-order valence-electron chi connectivity index (χ1n) is 10.9. The highest BCUT2D eigenvalue weighted by Gasteiger charge is 2.28. The molecule has 1 amide bonds. The van der Waals surface area contributed by atoms with Crippen molar-refractivity contribution < 1.29 is 9.53 Å². The number of nitrogens with zero attached hydrogens (tertiary/aromatic N) is 4. The first-order chi connectivity index (χ1) is 13.4. The second-order valence-corrected chi connectivity index (χ2v) is 10.3. The Morgan fingerprint density at radius 1 is 1.17 bits per heavy atom. The first-order valence-corrected chi connectivity index (χ1v) is 10.9. The summed E-state index contributed by atoms with van der Waals surface area (Å²) in [6.07, 6.45) is 1.91. The summed E-state index contributed by atoms with van der Waals surface area (Å²) in [6.45, 7) is 17.6. The van der Waals surface area contributed by atoms with E-state index in [1.165, 1.54) is 0 Å². The Morgan fingerprint density at radius 3 is 2.21 bits per heavy atom. The molecule has 0 aromatic carbocycles. The van der Waals surface area contributed by atoms with Crippen LogP contribution in [0, 0.1) is 11.3 Å². The van der Waals surface area contributed by atoms with Gasteiger partial charge in [-0.15, -0.1) is 0 Å². The van der Waals surface area contributed by atoms with Gasteiger partial charge < -0.3 is 24.8 Å². The van der Waals surface area contributed by atoms with Gasteiger partial charge in [0.1, 0.15) is 5.60 Å². The maximum Gasteiger partial charge on any atom is 0.410 e. The molecule has 0 aromatic heterocycles. The van der Waals surface area contributed by atoms with Gasteiger partial charge in [0.05, 0.1) is 0 Å². The standard InChI is InChI=1S/C22H45N5O2/c1-10-26(20(28)29-21(2,3)4)15-18-11-13-27(14-12-18)19(23-7)24-16-22(5,6)17-25(8)9/h18H,10-17H2,1-9H3,(H,23,24). The Hall–Kier alpha value is -1.50. The molecule has 7 nitrogen and oxygen atoms in total. The minimum Gasteiger partial charge on any atom is -0.444 e. The fraction of sp³-hybridized carbons (Fsp3) is 0.909. The minimum absolute atomic E-state index is 0.173. The molecule has 1 saturated heterocycles. The number of rotatable bonds is 7. The molecule has 0 aliphatic carbocycles. The molecule has 0 radical (unpaired) electrons. The van der Waals surface area contributed by atoms with E-state index in [0.29, 0.717) is 12.5 Å². The molecule has 1 aliphatic heterocycles. The Kier molecular flexibility index (Phi) is 9.73. The van der Waals surface area contributed by atoms with Gasteiger partial charge in [-0.2, -0.15) is 0 Å². The molecule has 1 N–H and O–H groups in total. The SMILES string of the molecule is CCN(CC1CCN(C(=NC)NCC(C)(C)CN(C)C)CC1)C(=O)OC(C)(C)C. The molecule has 1 rings (SSSR count). The summed E-state index contributed by atoms with van der Waals surface area (Å²) < 4.78 is 5.54. The lowest BCUT2D eigenvalue weighted by molar-refractivity contribution is 0.0214. The van der Waals surface area contributed by atoms with Gasteiger partial charge in [-0.1, -0.05) is 13.8 Å². The van der Waals surface area contributed by atoms with Crippen molar-refractivity contribution in [2.24, 2.45) is 16.3 Å². The van der Waals surface area contributed by atoms with Crippen LogP contribution >= 0.6 is 0 Å². The number of carbonyl (C=O) groups is 1. The van der Waals surface area contributed by atoms with E-state index in [9.17, 15) is 4.79 Å². The van der Waals surface area contributed by atoms with E-state index in [-0.39, 0.29) is 11.5 Å². The summed E-state index contributed by atoms with van der Waals surface area (Å²) in [5.41, 5.74) is -0.279. The average Bonchev–Trinajstić information content (AvgIpc) is 2.58. The van der Waals surface area contributed by atoms with Gasteiger partial charge in [-0.25, -0.2) is 4.79 Å². The van der Waals surface area contributed by atoms with Crippen LogP contribution in [0.1, 0.15) is 54.4 Å². The van der Waals surface area contributed by atoms with E-state index in [1.807, 2.05) is 39.6 Å². The zero-order chi connectivity index (χ0) is 22.2. The molecule has 1 fully saturated rings. The van der Waals surface area contributed by atoms with Gasteiger partial charge in [-0.3, -0.25) is 4.99 Å². The Morgan fingerprint density at radius 2 is 1.76 bits per heavy atom. The number of hydrogen-bond donors (Lipinski definition) is 1. The highest BCUT2D eigenvalue weighted by atomic mass is 16.6. The van der Waals surface area contributed by atoms with Crippen LogP contribution in [0.3, 0.4) is 0 Å². The fourth-order valence-electron chi connectivity index (χ4n) is 3.86. The monoisotopic (exact) mass is 411 g/mol. The molecular weight excluding hydrogens is 366 g/mol. The number of likely N-dealkylation sites (tertiary alicyclic amines) is 1. The molecular formula is C22H45N5O2. The lowest BCUT2D eigenvalue weighted by atomic mass is 9.93. The molecule has 0 unspecified atom stereocenters. The number of amides is 1. The summed E-state index contributed by atoms with van der Waals surface area (Å²) in [7, 11) is 6.07. The summed E-state index contributed by atoms with van der Waals surface area (Å²) in [5, 5.41) is 3.56. The number of nitrogens with one attached hydrogen (secondary N) is 1. The number of aliphatic imine (C=N–C) groups is 1. The van der Waals surface area contributed by atoms with Crippen LogP contribution in [0.25, 0.3) is 0 Å². The zero-order valence-electron chi connectivity index (χ0n) is 20.3. The van der Waals surface area contributed by atoms with E-state index >= 15 is 0 Å². The van der Waals surface area contributed by atoms with Crippen molar-refractivity contribution in [2.75, 3.05) is 60.4 Å². The number of carbonyl (C=O) groups excluding carboxylic acids is 1. The third-order valence-corrected chi connectivity index (χ3v) is 5.11. The molecule has 0 spiro atoms. The Labute approximate surface area is 178 Å². The van der Waals surface area contributed by atoms with Crippen molar-refractivity contribution in [3.8, 4) is 0 Å². The number of hydrogen-bond acceptors (Lipinski definition) is 4. The van der Waals surface area contributed by atoms with Crippen molar-refractivity contribution in [3.63, 3.8) is 0 Å². The summed E-state index contributed by atoms with van der Waals surface area (Å²) in [5.74, 6) is 1.48. The molecule has 1 heterocycles. The predicted molar refractivity (Wildman–Crippen MR) is 121 cm³/mol. The molecule has 29 heavy (non-hydrogen) atoms. The maximum atomic E-state index is 12.4. The molecule has 7 heteroatoms. The molecule has 0 aromatic rings. The average molecular weight is 412 g/mol. The number of ether oxygens (including phenoxy) is 1. The second-order valence-electron chi connectivity index (χ2n) is 10.3. The van der Waals surface area contributed by atoms with Crippen molar-refractivity contribution >= 4 is 12.1 Å². The predicted octanol–water partition coefficient (Wildman–Crippen LogP) is 3.12. The number of piperidine rings is 1. The van der Waals surface area contributed by atoms with Crippen molar-refractivity contribution in [2.45, 2.75) is 60.0 Å². The van der Waals surface area contributed by atoms with E-state index < -0.39 is 5.60 Å². The van der Waals surface area contributed by atoms with E-state index in [2.05, 4.69) is 48.1 Å². The lowest BCUT2D eigenvalue weighted by Crippen LogP contribution is -2.50. The summed E-state index contributed by atoms with van der Waals surface area (Å²) >= 11 is 0. The van der Waals surface area contributed by atoms with Gasteiger partial charge in [0.15, 0.2) is 5.96 Å². The quantitative estimate of drug-likeness (QED) is 0.515. The topological polar surface area (TPSA) is 60.4 Å². The minimum atomic E-state index is -0.452. The van der Waals surface area contributed by atoms with E-state index in [0.717, 1.165) is 51.5 Å².